The van der Waals surface area contributed by atoms with Gasteiger partial charge in [0.1, 0.15) is 0 Å². The van der Waals surface area contributed by atoms with Gasteiger partial charge in [-0.3, -0.25) is 0 Å². The third kappa shape index (κ3) is 2.19. The van der Waals surface area contributed by atoms with Gasteiger partial charge in [-0.15, -0.1) is 0 Å². The number of hydrogen-bond donors (Lipinski definition) is 2. The van der Waals surface area contributed by atoms with Crippen LogP contribution in [0, 0.1) is 0 Å². The summed E-state index contributed by atoms with van der Waals surface area (Å²) >= 11 is 0. The lowest BCUT2D eigenvalue weighted by atomic mass is 9.97. The van der Waals surface area contributed by atoms with Crippen LogP contribution in [-0.2, 0) is 0 Å². The van der Waals surface area contributed by atoms with Crippen molar-refractivity contribution in [3.63, 3.8) is 0 Å². The molecule has 0 aromatic heterocycles. The minimum Gasteiger partial charge on any atom is -0.350 e. The number of carbonyl (C=O) groups excluding carboxylic acids is 1. The van der Waals surface area contributed by atoms with Crippen LogP contribution in [0.25, 0.3) is 21.5 Å². The van der Waals surface area contributed by atoms with Crippen molar-refractivity contribution >= 4 is 33.8 Å². The molecule has 0 aliphatic rings. The average Bonchev–Trinajstić information content (AvgIpc) is 2.46. The number of urea groups is 1. The standard InChI is InChI=1S/C16H13N3O/c17-16(20)19-18-10-15-13-7-3-1-5-11(13)9-12-6-2-4-8-14(12)15/h1-10H,(H3,17,19,20). The number of hydrogen-bond acceptors (Lipinski definition) is 2. The van der Waals surface area contributed by atoms with E-state index in [4.69, 9.17) is 5.73 Å². The van der Waals surface area contributed by atoms with Gasteiger partial charge in [0.05, 0.1) is 6.21 Å². The number of carbonyl (C=O) groups is 1. The quantitative estimate of drug-likeness (QED) is 0.416. The molecule has 3 aromatic carbocycles. The highest BCUT2D eigenvalue weighted by Crippen LogP contribution is 2.27. The van der Waals surface area contributed by atoms with Crippen molar-refractivity contribution in [3.05, 3.63) is 60.2 Å². The summed E-state index contributed by atoms with van der Waals surface area (Å²) in [7, 11) is 0. The molecule has 0 heterocycles. The van der Waals surface area contributed by atoms with Crippen LogP contribution in [0.15, 0.2) is 59.7 Å². The van der Waals surface area contributed by atoms with Crippen LogP contribution in [0.2, 0.25) is 0 Å². The molecule has 3 aromatic rings. The Morgan fingerprint density at radius 2 is 1.55 bits per heavy atom. The van der Waals surface area contributed by atoms with Gasteiger partial charge in [0, 0.05) is 5.56 Å². The van der Waals surface area contributed by atoms with Gasteiger partial charge in [-0.05, 0) is 27.6 Å². The number of fused-ring (bicyclic) bond motifs is 2. The monoisotopic (exact) mass is 263 g/mol. The second-order valence-corrected chi connectivity index (χ2v) is 4.47. The molecule has 4 nitrogen and oxygen atoms in total. The van der Waals surface area contributed by atoms with Crippen LogP contribution in [-0.4, -0.2) is 12.2 Å². The summed E-state index contributed by atoms with van der Waals surface area (Å²) in [6.45, 7) is 0. The molecule has 0 saturated carbocycles. The smallest absolute Gasteiger partial charge is 0.332 e. The highest BCUT2D eigenvalue weighted by Gasteiger charge is 2.05. The summed E-state index contributed by atoms with van der Waals surface area (Å²) in [5.41, 5.74) is 8.22. The van der Waals surface area contributed by atoms with Crippen molar-refractivity contribution in [2.45, 2.75) is 0 Å². The predicted molar refractivity (Wildman–Crippen MR) is 81.8 cm³/mol. The molecule has 0 radical (unpaired) electrons. The van der Waals surface area contributed by atoms with Gasteiger partial charge in [-0.1, -0.05) is 48.5 Å². The number of rotatable bonds is 2. The van der Waals surface area contributed by atoms with Crippen LogP contribution < -0.4 is 11.2 Å². The Labute approximate surface area is 115 Å². The molecule has 0 unspecified atom stereocenters. The molecule has 0 saturated heterocycles. The summed E-state index contributed by atoms with van der Waals surface area (Å²) in [5, 5.41) is 8.32. The third-order valence-electron chi connectivity index (χ3n) is 3.18. The lowest BCUT2D eigenvalue weighted by molar-refractivity contribution is 0.249. The molecule has 0 bridgehead atoms. The fraction of sp³-hybridized carbons (Fsp3) is 0. The van der Waals surface area contributed by atoms with Gasteiger partial charge >= 0.3 is 6.03 Å². The van der Waals surface area contributed by atoms with Crippen molar-refractivity contribution in [3.8, 4) is 0 Å². The van der Waals surface area contributed by atoms with E-state index in [0.29, 0.717) is 0 Å². The minimum absolute atomic E-state index is 0.675. The summed E-state index contributed by atoms with van der Waals surface area (Å²) in [6, 6.07) is 17.6. The number of primary amides is 1. The van der Waals surface area contributed by atoms with Crippen molar-refractivity contribution in [1.29, 1.82) is 0 Å². The van der Waals surface area contributed by atoms with E-state index in [1.165, 1.54) is 0 Å². The maximum atomic E-state index is 10.7. The largest absolute Gasteiger partial charge is 0.350 e. The Morgan fingerprint density at radius 3 is 2.10 bits per heavy atom. The topological polar surface area (TPSA) is 67.5 Å². The van der Waals surface area contributed by atoms with E-state index in [1.54, 1.807) is 6.21 Å². The lowest BCUT2D eigenvalue weighted by Gasteiger charge is -2.07. The van der Waals surface area contributed by atoms with E-state index in [2.05, 4.69) is 28.7 Å². The Bertz CT molecular complexity index is 770. The Kier molecular flexibility index (Phi) is 3.05. The second kappa shape index (κ2) is 5.01. The number of nitrogens with zero attached hydrogens (tertiary/aromatic N) is 1. The molecule has 3 rings (SSSR count). The van der Waals surface area contributed by atoms with E-state index < -0.39 is 6.03 Å². The van der Waals surface area contributed by atoms with E-state index in [9.17, 15) is 4.79 Å². The fourth-order valence-electron chi connectivity index (χ4n) is 2.35. The van der Waals surface area contributed by atoms with Crippen LogP contribution in [0.3, 0.4) is 0 Å². The first kappa shape index (κ1) is 12.2. The molecule has 4 heteroatoms. The van der Waals surface area contributed by atoms with E-state index >= 15 is 0 Å². The number of amides is 2. The molecular weight excluding hydrogens is 250 g/mol. The van der Waals surface area contributed by atoms with Gasteiger partial charge in [-0.25, -0.2) is 10.2 Å². The number of hydrazone groups is 1. The molecular formula is C16H13N3O. The zero-order valence-corrected chi connectivity index (χ0v) is 10.7. The number of benzene rings is 3. The number of nitrogens with two attached hydrogens (primary N) is 1. The average molecular weight is 263 g/mol. The van der Waals surface area contributed by atoms with E-state index in [0.717, 1.165) is 27.1 Å². The van der Waals surface area contributed by atoms with Gasteiger partial charge in [-0.2, -0.15) is 5.10 Å². The molecule has 0 atom stereocenters. The molecule has 0 spiro atoms. The maximum absolute atomic E-state index is 10.7. The second-order valence-electron chi connectivity index (χ2n) is 4.47. The molecule has 98 valence electrons. The lowest BCUT2D eigenvalue weighted by Crippen LogP contribution is -2.24. The van der Waals surface area contributed by atoms with Crippen molar-refractivity contribution in [2.75, 3.05) is 0 Å². The summed E-state index contributed by atoms with van der Waals surface area (Å²) in [6.07, 6.45) is 1.63. The molecule has 0 aliphatic heterocycles. The Hall–Kier alpha value is -2.88. The molecule has 3 N–H and O–H groups in total. The van der Waals surface area contributed by atoms with Gasteiger partial charge < -0.3 is 5.73 Å². The zero-order chi connectivity index (χ0) is 13.9. The fourth-order valence-corrected chi connectivity index (χ4v) is 2.35. The summed E-state index contributed by atoms with van der Waals surface area (Å²) in [4.78, 5) is 10.7. The van der Waals surface area contributed by atoms with Crippen LogP contribution in [0.1, 0.15) is 5.56 Å². The first-order valence-corrected chi connectivity index (χ1v) is 6.25. The Morgan fingerprint density at radius 1 is 1.00 bits per heavy atom. The van der Waals surface area contributed by atoms with Gasteiger partial charge in [0.15, 0.2) is 0 Å². The van der Waals surface area contributed by atoms with Crippen LogP contribution >= 0.6 is 0 Å². The molecule has 20 heavy (non-hydrogen) atoms. The third-order valence-corrected chi connectivity index (χ3v) is 3.18. The number of nitrogens with one attached hydrogen (secondary N) is 1. The first-order valence-electron chi connectivity index (χ1n) is 6.25. The minimum atomic E-state index is -0.675. The normalized spacial score (nSPS) is 11.2. The predicted octanol–water partition coefficient (Wildman–Crippen LogP) is 3.00. The van der Waals surface area contributed by atoms with Crippen molar-refractivity contribution in [2.24, 2.45) is 10.8 Å². The van der Waals surface area contributed by atoms with Gasteiger partial charge in [0.2, 0.25) is 0 Å². The van der Waals surface area contributed by atoms with Crippen molar-refractivity contribution in [1.82, 2.24) is 5.43 Å². The summed E-state index contributed by atoms with van der Waals surface area (Å²) in [5.74, 6) is 0. The first-order chi connectivity index (χ1) is 9.75. The zero-order valence-electron chi connectivity index (χ0n) is 10.7. The Balaban J connectivity index is 2.27. The highest BCUT2D eigenvalue weighted by molar-refractivity contribution is 6.13. The SMILES string of the molecule is NC(=O)NN=Cc1c2ccccc2cc2ccccc12. The van der Waals surface area contributed by atoms with E-state index in [-0.39, 0.29) is 0 Å². The van der Waals surface area contributed by atoms with E-state index in [1.807, 2.05) is 36.4 Å². The van der Waals surface area contributed by atoms with Crippen LogP contribution in [0.5, 0.6) is 0 Å². The maximum Gasteiger partial charge on any atom is 0.332 e. The highest BCUT2D eigenvalue weighted by atomic mass is 16.2. The molecule has 2 amide bonds. The molecule has 0 aliphatic carbocycles. The van der Waals surface area contributed by atoms with Crippen LogP contribution in [0.4, 0.5) is 4.79 Å². The summed E-state index contributed by atoms with van der Waals surface area (Å²) < 4.78 is 0. The van der Waals surface area contributed by atoms with Crippen molar-refractivity contribution < 1.29 is 4.79 Å². The molecule has 0 fully saturated rings. The van der Waals surface area contributed by atoms with Gasteiger partial charge in [0.25, 0.3) is 0 Å².